The van der Waals surface area contributed by atoms with Gasteiger partial charge in [0.15, 0.2) is 0 Å². The van der Waals surface area contributed by atoms with E-state index in [1.54, 1.807) is 79.5 Å². The number of rotatable bonds is 39. The molecule has 2 heterocycles. The Morgan fingerprint density at radius 2 is 1.37 bits per heavy atom. The van der Waals surface area contributed by atoms with Crippen molar-refractivity contribution in [1.29, 1.82) is 0 Å². The summed E-state index contributed by atoms with van der Waals surface area (Å²) < 4.78 is 12.0. The highest BCUT2D eigenvalue weighted by molar-refractivity contribution is 6.12. The highest BCUT2D eigenvalue weighted by atomic mass is 16.5. The lowest BCUT2D eigenvalue weighted by atomic mass is 9.89. The number of imide groups is 1. The van der Waals surface area contributed by atoms with Gasteiger partial charge in [-0.05, 0) is 81.4 Å². The molecule has 3 rings (SSSR count). The van der Waals surface area contributed by atoms with Crippen LogP contribution in [0, 0.1) is 29.6 Å². The first-order valence-corrected chi connectivity index (χ1v) is 31.8. The lowest BCUT2D eigenvalue weighted by Gasteiger charge is -2.41. The van der Waals surface area contributed by atoms with Gasteiger partial charge >= 0.3 is 6.03 Å². The number of nitrogens with zero attached hydrogens (tertiary/aromatic N) is 5. The number of benzene rings is 1. The number of carbonyl (C=O) groups is 11. The summed E-state index contributed by atoms with van der Waals surface area (Å²) in [6.07, 6.45) is 2.47. The Morgan fingerprint density at radius 1 is 0.733 bits per heavy atom. The van der Waals surface area contributed by atoms with E-state index in [2.05, 4.69) is 31.9 Å². The minimum atomic E-state index is -1.25. The van der Waals surface area contributed by atoms with E-state index in [4.69, 9.17) is 15.2 Å². The number of ether oxygens (including phenoxy) is 2. The van der Waals surface area contributed by atoms with Gasteiger partial charge in [-0.25, -0.2) is 4.79 Å². The molecule has 0 bridgehead atoms. The maximum absolute atomic E-state index is 14.8. The molecule has 1 aromatic rings. The van der Waals surface area contributed by atoms with E-state index < -0.39 is 132 Å². The number of hydrogen-bond acceptors (Lipinski definition) is 15. The van der Waals surface area contributed by atoms with Crippen LogP contribution in [-0.2, 0) is 57.4 Å². The molecule has 0 unspecified atom stereocenters. The molecule has 26 heteroatoms. The summed E-state index contributed by atoms with van der Waals surface area (Å²) in [6.45, 7) is 21.3. The molecule has 0 aliphatic carbocycles. The van der Waals surface area contributed by atoms with Gasteiger partial charge in [0.2, 0.25) is 47.3 Å². The molecule has 1 aromatic carbocycles. The van der Waals surface area contributed by atoms with E-state index in [1.165, 1.54) is 43.2 Å². The molecular formula is C64H106N12O14. The number of primary amides is 1. The van der Waals surface area contributed by atoms with Crippen molar-refractivity contribution in [3.8, 4) is 0 Å². The average Bonchev–Trinajstić information content (AvgIpc) is 1.56. The van der Waals surface area contributed by atoms with Crippen LogP contribution < -0.4 is 37.6 Å². The molecule has 0 radical (unpaired) electrons. The zero-order valence-electron chi connectivity index (χ0n) is 55.9. The molecule has 0 spiro atoms. The van der Waals surface area contributed by atoms with E-state index in [0.717, 1.165) is 4.90 Å². The SMILES string of the molecule is CC[C@H](C)[C@@H]([C@@H](CC(=O)N1CCC[C@H]1[C@H](OC)[C@@H](C)C(=O)N[C@H](C)[C@@H](O)c1ccccc1)OC)N(C)C(=O)[C@@H](NC(=O)[C@H](C(C)C)N(C)C(=O)CNC(=O)[C@H](CCCNC(N)=O)NC(=O)[C@@H](NC(=O)CCN(CC)CCCN1C(=O)C=CC1=O)C(C)C)C(C)C. The lowest BCUT2D eigenvalue weighted by Crippen LogP contribution is -2.61. The lowest BCUT2D eigenvalue weighted by molar-refractivity contribution is -0.148. The van der Waals surface area contributed by atoms with Gasteiger partial charge in [0, 0.05) is 73.1 Å². The fourth-order valence-electron chi connectivity index (χ4n) is 11.8. The molecule has 12 amide bonds. The number of urea groups is 1. The molecule has 0 saturated carbocycles. The Bertz CT molecular complexity index is 2570. The van der Waals surface area contributed by atoms with Crippen LogP contribution >= 0.6 is 0 Å². The van der Waals surface area contributed by atoms with Gasteiger partial charge in [-0.15, -0.1) is 0 Å². The summed E-state index contributed by atoms with van der Waals surface area (Å²) in [5.41, 5.74) is 5.92. The summed E-state index contributed by atoms with van der Waals surface area (Å²) in [4.78, 5) is 156. The van der Waals surface area contributed by atoms with Crippen molar-refractivity contribution >= 4 is 65.1 Å². The Morgan fingerprint density at radius 3 is 1.92 bits per heavy atom. The normalized spacial score (nSPS) is 17.8. The maximum Gasteiger partial charge on any atom is 0.312 e. The van der Waals surface area contributed by atoms with Crippen LogP contribution in [0.5, 0.6) is 0 Å². The largest absolute Gasteiger partial charge is 0.386 e. The van der Waals surface area contributed by atoms with Gasteiger partial charge in [0.25, 0.3) is 11.8 Å². The van der Waals surface area contributed by atoms with Crippen molar-refractivity contribution in [3.63, 3.8) is 0 Å². The molecule has 9 N–H and O–H groups in total. The maximum atomic E-state index is 14.8. The van der Waals surface area contributed by atoms with Gasteiger partial charge in [0.05, 0.1) is 55.3 Å². The molecule has 2 aliphatic heterocycles. The van der Waals surface area contributed by atoms with Crippen LogP contribution in [0.2, 0.25) is 0 Å². The molecule has 90 heavy (non-hydrogen) atoms. The molecule has 26 nitrogen and oxygen atoms in total. The number of methoxy groups -OCH3 is 2. The van der Waals surface area contributed by atoms with E-state index >= 15 is 0 Å². The van der Waals surface area contributed by atoms with E-state index in [-0.39, 0.29) is 68.3 Å². The second kappa shape index (κ2) is 38.0. The van der Waals surface area contributed by atoms with Crippen LogP contribution in [0.3, 0.4) is 0 Å². The van der Waals surface area contributed by atoms with Crippen LogP contribution in [0.15, 0.2) is 42.5 Å². The minimum Gasteiger partial charge on any atom is -0.386 e. The van der Waals surface area contributed by atoms with Gasteiger partial charge in [-0.1, -0.05) is 106 Å². The fraction of sp³-hybridized carbons (Fsp3) is 0.703. The third kappa shape index (κ3) is 22.7. The number of aliphatic hydroxyl groups excluding tert-OH is 1. The fourth-order valence-corrected chi connectivity index (χ4v) is 11.8. The van der Waals surface area contributed by atoms with Crippen molar-refractivity contribution in [3.05, 3.63) is 48.0 Å². The van der Waals surface area contributed by atoms with Crippen molar-refractivity contribution < 1.29 is 67.3 Å². The first-order chi connectivity index (χ1) is 42.4. The van der Waals surface area contributed by atoms with E-state index in [1.807, 2.05) is 43.9 Å². The topological polar surface area (TPSA) is 341 Å². The third-order valence-corrected chi connectivity index (χ3v) is 17.3. The number of carbonyl (C=O) groups excluding carboxylic acids is 11. The van der Waals surface area contributed by atoms with Crippen molar-refractivity contribution in [1.82, 2.24) is 56.4 Å². The van der Waals surface area contributed by atoms with Gasteiger partial charge in [-0.2, -0.15) is 0 Å². The number of likely N-dealkylation sites (tertiary alicyclic amines) is 1. The van der Waals surface area contributed by atoms with Crippen LogP contribution in [0.25, 0.3) is 0 Å². The first kappa shape index (κ1) is 77.2. The van der Waals surface area contributed by atoms with E-state index in [0.29, 0.717) is 57.4 Å². The molecule has 12 atom stereocenters. The standard InChI is InChI=1S/C64H106N12O14/c1-16-41(9)56(47(89-14)36-51(80)75-33-22-27-46(75)58(90-15)42(10)59(83)68-43(11)57(82)44-24-19-18-20-25-44)73(13)63(87)54(39(5)6)71-62(86)55(40(7)8)72(12)52(81)37-67-60(84)45(26-21-31-66-64(65)88)69-61(85)53(38(3)4)70-48(77)30-35-74(17-2)32-23-34-76-49(78)28-29-50(76)79/h18-20,24-25,28-29,38-43,45-47,53-58,82H,16-17,21-23,26-27,30-37H2,1-15H3,(H,67,84)(H,68,83)(H,69,85)(H,70,77)(H,71,86)(H3,65,66,88)/t41-,42+,43+,45-,46-,47+,53-,54-,55-,56-,57+,58+/m0/s1. The number of likely N-dealkylation sites (N-methyl/N-ethyl adjacent to an activating group) is 2. The summed E-state index contributed by atoms with van der Waals surface area (Å²) in [6, 6.07) is 1.97. The van der Waals surface area contributed by atoms with E-state index in [9.17, 15) is 57.8 Å². The number of nitrogens with one attached hydrogen (secondary N) is 6. The molecule has 2 aliphatic rings. The first-order valence-electron chi connectivity index (χ1n) is 31.8. The second-order valence-corrected chi connectivity index (χ2v) is 24.9. The summed E-state index contributed by atoms with van der Waals surface area (Å²) in [5, 5.41) is 27.3. The van der Waals surface area contributed by atoms with Crippen LogP contribution in [0.4, 0.5) is 4.79 Å². The smallest absolute Gasteiger partial charge is 0.312 e. The Labute approximate surface area is 532 Å². The zero-order valence-corrected chi connectivity index (χ0v) is 55.9. The number of nitrogens with two attached hydrogens (primary N) is 1. The van der Waals surface area contributed by atoms with Crippen molar-refractivity contribution in [2.75, 3.05) is 74.1 Å². The Kier molecular flexibility index (Phi) is 32.6. The molecule has 0 aromatic heterocycles. The quantitative estimate of drug-likeness (QED) is 0.0345. The van der Waals surface area contributed by atoms with Gasteiger partial charge < -0.3 is 71.8 Å². The molecular weight excluding hydrogens is 1160 g/mol. The summed E-state index contributed by atoms with van der Waals surface area (Å²) >= 11 is 0. The summed E-state index contributed by atoms with van der Waals surface area (Å²) in [5.74, 6) is -7.20. The Balaban J connectivity index is 1.72. The average molecular weight is 1270 g/mol. The number of aliphatic hydroxyl groups is 1. The predicted molar refractivity (Wildman–Crippen MR) is 339 cm³/mol. The number of hydrogen-bond donors (Lipinski definition) is 8. The van der Waals surface area contributed by atoms with Crippen molar-refractivity contribution in [2.45, 2.75) is 188 Å². The van der Waals surface area contributed by atoms with Crippen molar-refractivity contribution in [2.24, 2.45) is 35.3 Å². The second-order valence-electron chi connectivity index (χ2n) is 24.9. The van der Waals surface area contributed by atoms with Gasteiger partial charge in [-0.3, -0.25) is 52.8 Å². The minimum absolute atomic E-state index is 0.00986. The van der Waals surface area contributed by atoms with Gasteiger partial charge in [0.1, 0.15) is 24.2 Å². The third-order valence-electron chi connectivity index (χ3n) is 17.3. The number of amides is 12. The molecule has 1 fully saturated rings. The Hall–Kier alpha value is -7.03. The monoisotopic (exact) mass is 1270 g/mol. The zero-order chi connectivity index (χ0) is 67.7. The van der Waals surface area contributed by atoms with Crippen LogP contribution in [0.1, 0.15) is 139 Å². The summed E-state index contributed by atoms with van der Waals surface area (Å²) in [7, 11) is 6.02. The molecule has 1 saturated heterocycles. The predicted octanol–water partition coefficient (Wildman–Crippen LogP) is 1.99. The highest BCUT2D eigenvalue weighted by Crippen LogP contribution is 2.30. The highest BCUT2D eigenvalue weighted by Gasteiger charge is 2.44. The molecule has 506 valence electrons. The van der Waals surface area contributed by atoms with Crippen LogP contribution in [-0.4, -0.2) is 223 Å².